The quantitative estimate of drug-likeness (QED) is 0.661. The van der Waals surface area contributed by atoms with Crippen molar-refractivity contribution >= 4 is 11.9 Å². The molecule has 2 rings (SSSR count). The summed E-state index contributed by atoms with van der Waals surface area (Å²) in [5, 5.41) is 9.27. The highest BCUT2D eigenvalue weighted by Gasteiger charge is 2.01. The second kappa shape index (κ2) is 5.27. The van der Waals surface area contributed by atoms with E-state index in [0.29, 0.717) is 5.56 Å². The molecule has 0 amide bonds. The molecule has 0 heterocycles. The Labute approximate surface area is 104 Å². The van der Waals surface area contributed by atoms with Gasteiger partial charge in [0.15, 0.2) is 5.78 Å². The molecule has 0 aliphatic carbocycles. The van der Waals surface area contributed by atoms with Crippen LogP contribution in [0.3, 0.4) is 0 Å². The summed E-state index contributed by atoms with van der Waals surface area (Å²) in [4.78, 5) is 11.7. The van der Waals surface area contributed by atoms with Crippen LogP contribution in [0.15, 0.2) is 54.6 Å². The van der Waals surface area contributed by atoms with E-state index in [1.165, 1.54) is 30.3 Å². The van der Waals surface area contributed by atoms with Crippen LogP contribution in [0.1, 0.15) is 15.9 Å². The molecule has 0 aliphatic heterocycles. The van der Waals surface area contributed by atoms with E-state index in [1.54, 1.807) is 30.3 Å². The maximum atomic E-state index is 12.7. The summed E-state index contributed by atoms with van der Waals surface area (Å²) in [6.45, 7) is 0. The SMILES string of the molecule is O=C(/C=C\c1cccc(O)c1)c1ccc(F)cc1. The van der Waals surface area contributed by atoms with E-state index >= 15 is 0 Å². The highest BCUT2D eigenvalue weighted by atomic mass is 19.1. The van der Waals surface area contributed by atoms with Gasteiger partial charge in [0.1, 0.15) is 11.6 Å². The summed E-state index contributed by atoms with van der Waals surface area (Å²) in [5.74, 6) is -0.437. The summed E-state index contributed by atoms with van der Waals surface area (Å²) in [5.41, 5.74) is 1.15. The average Bonchev–Trinajstić information content (AvgIpc) is 2.37. The Morgan fingerprint density at radius 3 is 2.50 bits per heavy atom. The molecule has 90 valence electrons. The molecule has 2 aromatic carbocycles. The molecule has 0 radical (unpaired) electrons. The van der Waals surface area contributed by atoms with E-state index in [9.17, 15) is 14.3 Å². The van der Waals surface area contributed by atoms with E-state index in [4.69, 9.17) is 0 Å². The fraction of sp³-hybridized carbons (Fsp3) is 0. The van der Waals surface area contributed by atoms with Gasteiger partial charge in [-0.05, 0) is 48.0 Å². The predicted molar refractivity (Wildman–Crippen MR) is 67.9 cm³/mol. The van der Waals surface area contributed by atoms with E-state index in [2.05, 4.69) is 0 Å². The van der Waals surface area contributed by atoms with Crippen LogP contribution >= 0.6 is 0 Å². The number of hydrogen-bond donors (Lipinski definition) is 1. The van der Waals surface area contributed by atoms with Crippen molar-refractivity contribution in [2.75, 3.05) is 0 Å². The first-order valence-corrected chi connectivity index (χ1v) is 5.42. The number of benzene rings is 2. The molecule has 2 nitrogen and oxygen atoms in total. The predicted octanol–water partition coefficient (Wildman–Crippen LogP) is 3.43. The lowest BCUT2D eigenvalue weighted by Gasteiger charge is -1.96. The largest absolute Gasteiger partial charge is 0.508 e. The van der Waals surface area contributed by atoms with Gasteiger partial charge in [0.25, 0.3) is 0 Å². The Hall–Kier alpha value is -2.42. The second-order valence-electron chi connectivity index (χ2n) is 3.80. The second-order valence-corrected chi connectivity index (χ2v) is 3.80. The van der Waals surface area contributed by atoms with Gasteiger partial charge >= 0.3 is 0 Å². The minimum absolute atomic E-state index is 0.145. The smallest absolute Gasteiger partial charge is 0.185 e. The van der Waals surface area contributed by atoms with Gasteiger partial charge in [-0.15, -0.1) is 0 Å². The van der Waals surface area contributed by atoms with Crippen molar-refractivity contribution in [1.29, 1.82) is 0 Å². The number of rotatable bonds is 3. The van der Waals surface area contributed by atoms with Crippen LogP contribution in [0.4, 0.5) is 4.39 Å². The number of carbonyl (C=O) groups excluding carboxylic acids is 1. The van der Waals surface area contributed by atoms with Crippen LogP contribution in [0.2, 0.25) is 0 Å². The number of allylic oxidation sites excluding steroid dienone is 1. The third-order valence-corrected chi connectivity index (χ3v) is 2.43. The summed E-state index contributed by atoms with van der Waals surface area (Å²) in [6.07, 6.45) is 2.99. The molecule has 0 fully saturated rings. The highest BCUT2D eigenvalue weighted by molar-refractivity contribution is 6.06. The average molecular weight is 242 g/mol. The maximum Gasteiger partial charge on any atom is 0.185 e. The number of carbonyl (C=O) groups is 1. The third-order valence-electron chi connectivity index (χ3n) is 2.43. The van der Waals surface area contributed by atoms with Crippen molar-refractivity contribution < 1.29 is 14.3 Å². The number of phenolic OH excluding ortho intramolecular Hbond substituents is 1. The summed E-state index contributed by atoms with van der Waals surface area (Å²) in [7, 11) is 0. The Morgan fingerprint density at radius 2 is 1.83 bits per heavy atom. The zero-order chi connectivity index (χ0) is 13.0. The third kappa shape index (κ3) is 3.04. The fourth-order valence-electron chi connectivity index (χ4n) is 1.51. The molecule has 1 N–H and O–H groups in total. The lowest BCUT2D eigenvalue weighted by Crippen LogP contribution is -1.93. The lowest BCUT2D eigenvalue weighted by molar-refractivity contribution is 0.104. The molecule has 2 aromatic rings. The van der Waals surface area contributed by atoms with E-state index in [1.807, 2.05) is 0 Å². The molecule has 0 saturated heterocycles. The van der Waals surface area contributed by atoms with Gasteiger partial charge in [0.05, 0.1) is 0 Å². The number of aromatic hydroxyl groups is 1. The number of ketones is 1. The lowest BCUT2D eigenvalue weighted by atomic mass is 10.1. The molecule has 0 aromatic heterocycles. The molecule has 0 aliphatic rings. The van der Waals surface area contributed by atoms with Gasteiger partial charge in [-0.3, -0.25) is 4.79 Å². The van der Waals surface area contributed by atoms with E-state index in [-0.39, 0.29) is 17.3 Å². The monoisotopic (exact) mass is 242 g/mol. The van der Waals surface area contributed by atoms with Crippen molar-refractivity contribution in [3.8, 4) is 5.75 Å². The molecule has 0 saturated carbocycles. The van der Waals surface area contributed by atoms with Crippen LogP contribution in [-0.4, -0.2) is 10.9 Å². The molecular formula is C15H11FO2. The van der Waals surface area contributed by atoms with Crippen LogP contribution < -0.4 is 0 Å². The van der Waals surface area contributed by atoms with Gasteiger partial charge in [-0.2, -0.15) is 0 Å². The topological polar surface area (TPSA) is 37.3 Å². The van der Waals surface area contributed by atoms with Gasteiger partial charge in [-0.25, -0.2) is 4.39 Å². The van der Waals surface area contributed by atoms with Gasteiger partial charge in [0, 0.05) is 5.56 Å². The van der Waals surface area contributed by atoms with Crippen LogP contribution in [0.25, 0.3) is 6.08 Å². The normalized spacial score (nSPS) is 10.7. The van der Waals surface area contributed by atoms with Crippen LogP contribution in [0.5, 0.6) is 5.75 Å². The van der Waals surface area contributed by atoms with Gasteiger partial charge in [0.2, 0.25) is 0 Å². The Bertz CT molecular complexity index is 586. The standard InChI is InChI=1S/C15H11FO2/c16-13-7-5-12(6-8-13)15(18)9-4-11-2-1-3-14(17)10-11/h1-10,17H/b9-4-. The van der Waals surface area contributed by atoms with Crippen molar-refractivity contribution in [3.05, 3.63) is 71.6 Å². The maximum absolute atomic E-state index is 12.7. The van der Waals surface area contributed by atoms with E-state index in [0.717, 1.165) is 5.56 Å². The Kier molecular flexibility index (Phi) is 3.53. The minimum atomic E-state index is -0.372. The summed E-state index contributed by atoms with van der Waals surface area (Å²) < 4.78 is 12.7. The zero-order valence-electron chi connectivity index (χ0n) is 9.51. The molecule has 0 spiro atoms. The van der Waals surface area contributed by atoms with Crippen molar-refractivity contribution in [2.24, 2.45) is 0 Å². The van der Waals surface area contributed by atoms with Crippen molar-refractivity contribution in [1.82, 2.24) is 0 Å². The first-order chi connectivity index (χ1) is 8.65. The molecule has 18 heavy (non-hydrogen) atoms. The molecule has 0 bridgehead atoms. The van der Waals surface area contributed by atoms with Crippen LogP contribution in [0, 0.1) is 5.82 Å². The summed E-state index contributed by atoms with van der Waals surface area (Å²) in [6, 6.07) is 11.9. The first kappa shape index (κ1) is 12.0. The van der Waals surface area contributed by atoms with Crippen molar-refractivity contribution in [3.63, 3.8) is 0 Å². The Morgan fingerprint density at radius 1 is 1.11 bits per heavy atom. The molecule has 3 heteroatoms. The zero-order valence-corrected chi connectivity index (χ0v) is 9.51. The van der Waals surface area contributed by atoms with Gasteiger partial charge in [-0.1, -0.05) is 18.2 Å². The number of phenols is 1. The molecular weight excluding hydrogens is 231 g/mol. The summed E-state index contributed by atoms with van der Waals surface area (Å²) >= 11 is 0. The first-order valence-electron chi connectivity index (χ1n) is 5.42. The Balaban J connectivity index is 2.14. The van der Waals surface area contributed by atoms with Crippen LogP contribution in [-0.2, 0) is 0 Å². The molecule has 0 unspecified atom stereocenters. The van der Waals surface area contributed by atoms with Gasteiger partial charge < -0.3 is 5.11 Å². The van der Waals surface area contributed by atoms with Crippen molar-refractivity contribution in [2.45, 2.75) is 0 Å². The molecule has 0 atom stereocenters. The van der Waals surface area contributed by atoms with E-state index < -0.39 is 0 Å². The fourth-order valence-corrected chi connectivity index (χ4v) is 1.51. The highest BCUT2D eigenvalue weighted by Crippen LogP contribution is 2.13. The number of hydrogen-bond acceptors (Lipinski definition) is 2. The minimum Gasteiger partial charge on any atom is -0.508 e. The number of halogens is 1.